The van der Waals surface area contributed by atoms with Gasteiger partial charge in [0.15, 0.2) is 5.82 Å². The Kier molecular flexibility index (Phi) is 3.60. The lowest BCUT2D eigenvalue weighted by Crippen LogP contribution is -2.05. The number of halogens is 2. The first-order chi connectivity index (χ1) is 10.5. The summed E-state index contributed by atoms with van der Waals surface area (Å²) in [5.74, 6) is -0.889. The Balaban J connectivity index is 2.27. The highest BCUT2D eigenvalue weighted by atomic mass is 35.5. The lowest BCUT2D eigenvalue weighted by atomic mass is 10.1. The number of carboxylic acids is 1. The predicted molar refractivity (Wildman–Crippen MR) is 86.4 cm³/mol. The van der Waals surface area contributed by atoms with Crippen LogP contribution in [0.3, 0.4) is 0 Å². The number of carboxylic acid groups (broad SMARTS) is 1. The van der Waals surface area contributed by atoms with Crippen molar-refractivity contribution in [1.29, 1.82) is 0 Å². The minimum absolute atomic E-state index is 0.0291. The smallest absolute Gasteiger partial charge is 0.337 e. The van der Waals surface area contributed by atoms with Gasteiger partial charge in [0, 0.05) is 16.6 Å². The summed E-state index contributed by atoms with van der Waals surface area (Å²) >= 11 is 12.1. The number of benzene rings is 2. The first-order valence-electron chi connectivity index (χ1n) is 6.21. The van der Waals surface area contributed by atoms with E-state index in [2.05, 4.69) is 9.97 Å². The zero-order valence-corrected chi connectivity index (χ0v) is 12.6. The molecule has 0 amide bonds. The number of anilines is 1. The van der Waals surface area contributed by atoms with Crippen molar-refractivity contribution < 1.29 is 9.90 Å². The van der Waals surface area contributed by atoms with Gasteiger partial charge in [-0.3, -0.25) is 0 Å². The Hall–Kier alpha value is -2.37. The Morgan fingerprint density at radius 3 is 2.68 bits per heavy atom. The average molecular weight is 334 g/mol. The van der Waals surface area contributed by atoms with E-state index in [1.54, 1.807) is 24.4 Å². The number of carbonyl (C=O) groups is 1. The molecule has 0 aliphatic rings. The zero-order chi connectivity index (χ0) is 15.9. The van der Waals surface area contributed by atoms with E-state index in [4.69, 9.17) is 34.0 Å². The number of rotatable bonds is 2. The maximum atomic E-state index is 11.2. The van der Waals surface area contributed by atoms with Gasteiger partial charge in [-0.2, -0.15) is 0 Å². The SMILES string of the molecule is Nc1c(C(=O)O)ccc(Cl)c1-c1ncc2ccc(Cl)cc2n1. The standard InChI is InChI=1S/C15H9Cl2N3O2/c16-8-2-1-7-6-19-14(20-11(7)5-8)12-10(17)4-3-9(13(12)18)15(21)22/h1-6H,18H2,(H,21,22). The molecule has 0 atom stereocenters. The minimum Gasteiger partial charge on any atom is -0.478 e. The minimum atomic E-state index is -1.14. The fourth-order valence-electron chi connectivity index (χ4n) is 2.12. The molecule has 3 N–H and O–H groups in total. The number of aromatic carboxylic acids is 1. The molecule has 0 bridgehead atoms. The van der Waals surface area contributed by atoms with Crippen LogP contribution in [0.1, 0.15) is 10.4 Å². The highest BCUT2D eigenvalue weighted by molar-refractivity contribution is 6.34. The first-order valence-corrected chi connectivity index (χ1v) is 6.97. The zero-order valence-electron chi connectivity index (χ0n) is 11.0. The van der Waals surface area contributed by atoms with E-state index < -0.39 is 5.97 Å². The third-order valence-electron chi connectivity index (χ3n) is 3.19. The summed E-state index contributed by atoms with van der Waals surface area (Å²) in [6, 6.07) is 8.02. The van der Waals surface area contributed by atoms with Crippen LogP contribution in [0.5, 0.6) is 0 Å². The van der Waals surface area contributed by atoms with E-state index in [9.17, 15) is 4.79 Å². The summed E-state index contributed by atoms with van der Waals surface area (Å²) in [4.78, 5) is 19.8. The van der Waals surface area contributed by atoms with Gasteiger partial charge in [0.25, 0.3) is 0 Å². The topological polar surface area (TPSA) is 89.1 Å². The van der Waals surface area contributed by atoms with Crippen LogP contribution in [0.15, 0.2) is 36.5 Å². The van der Waals surface area contributed by atoms with Crippen LogP contribution in [-0.2, 0) is 0 Å². The molecule has 1 aromatic heterocycles. The molecule has 0 aliphatic heterocycles. The maximum absolute atomic E-state index is 11.2. The van der Waals surface area contributed by atoms with E-state index in [-0.39, 0.29) is 22.1 Å². The van der Waals surface area contributed by atoms with E-state index >= 15 is 0 Å². The van der Waals surface area contributed by atoms with Crippen molar-refractivity contribution in [3.63, 3.8) is 0 Å². The molecule has 5 nitrogen and oxygen atoms in total. The van der Waals surface area contributed by atoms with Crippen molar-refractivity contribution in [3.05, 3.63) is 52.1 Å². The number of hydrogen-bond acceptors (Lipinski definition) is 4. The van der Waals surface area contributed by atoms with Gasteiger partial charge in [-0.25, -0.2) is 14.8 Å². The monoisotopic (exact) mass is 333 g/mol. The summed E-state index contributed by atoms with van der Waals surface area (Å²) in [6.45, 7) is 0. The predicted octanol–water partition coefficient (Wildman–Crippen LogP) is 3.88. The molecule has 0 aliphatic carbocycles. The second-order valence-corrected chi connectivity index (χ2v) is 5.43. The van der Waals surface area contributed by atoms with Crippen LogP contribution in [0.25, 0.3) is 22.3 Å². The molecule has 0 spiro atoms. The van der Waals surface area contributed by atoms with Crippen molar-refractivity contribution in [1.82, 2.24) is 9.97 Å². The van der Waals surface area contributed by atoms with Gasteiger partial charge in [-0.1, -0.05) is 23.2 Å². The molecule has 110 valence electrons. The Bertz CT molecular complexity index is 913. The highest BCUT2D eigenvalue weighted by Crippen LogP contribution is 2.34. The summed E-state index contributed by atoms with van der Waals surface area (Å²) in [5, 5.41) is 10.8. The molecule has 22 heavy (non-hydrogen) atoms. The molecule has 7 heteroatoms. The van der Waals surface area contributed by atoms with Crippen LogP contribution in [0.4, 0.5) is 5.69 Å². The van der Waals surface area contributed by atoms with Crippen LogP contribution < -0.4 is 5.73 Å². The third kappa shape index (κ3) is 2.45. The molecule has 0 saturated heterocycles. The Labute approximate surface area is 135 Å². The molecule has 1 heterocycles. The van der Waals surface area contributed by atoms with Gasteiger partial charge in [0.2, 0.25) is 0 Å². The van der Waals surface area contributed by atoms with Crippen LogP contribution in [0, 0.1) is 0 Å². The lowest BCUT2D eigenvalue weighted by Gasteiger charge is -2.10. The van der Waals surface area contributed by atoms with Gasteiger partial charge in [0.1, 0.15) is 0 Å². The molecule has 3 rings (SSSR count). The van der Waals surface area contributed by atoms with Crippen molar-refractivity contribution in [3.8, 4) is 11.4 Å². The number of hydrogen-bond donors (Lipinski definition) is 2. The van der Waals surface area contributed by atoms with Gasteiger partial charge in [-0.15, -0.1) is 0 Å². The van der Waals surface area contributed by atoms with E-state index in [1.165, 1.54) is 12.1 Å². The molecule has 0 unspecified atom stereocenters. The number of nitrogens with zero attached hydrogens (tertiary/aromatic N) is 2. The van der Waals surface area contributed by atoms with Gasteiger partial charge in [0.05, 0.1) is 27.4 Å². The number of aromatic nitrogens is 2. The average Bonchev–Trinajstić information content (AvgIpc) is 2.46. The number of fused-ring (bicyclic) bond motifs is 1. The fourth-order valence-corrected chi connectivity index (χ4v) is 2.54. The Morgan fingerprint density at radius 2 is 1.95 bits per heavy atom. The normalized spacial score (nSPS) is 10.8. The lowest BCUT2D eigenvalue weighted by molar-refractivity contribution is 0.0698. The van der Waals surface area contributed by atoms with Crippen LogP contribution in [0.2, 0.25) is 10.0 Å². The van der Waals surface area contributed by atoms with E-state index in [0.29, 0.717) is 16.1 Å². The molecule has 2 aromatic carbocycles. The van der Waals surface area contributed by atoms with Gasteiger partial charge >= 0.3 is 5.97 Å². The molecule has 0 fully saturated rings. The maximum Gasteiger partial charge on any atom is 0.337 e. The second-order valence-electron chi connectivity index (χ2n) is 4.59. The van der Waals surface area contributed by atoms with Crippen molar-refractivity contribution in [2.75, 3.05) is 5.73 Å². The third-order valence-corrected chi connectivity index (χ3v) is 3.74. The van der Waals surface area contributed by atoms with Crippen molar-refractivity contribution in [2.24, 2.45) is 0 Å². The highest BCUT2D eigenvalue weighted by Gasteiger charge is 2.18. The van der Waals surface area contributed by atoms with Gasteiger partial charge < -0.3 is 10.8 Å². The summed E-state index contributed by atoms with van der Waals surface area (Å²) in [5.41, 5.74) is 6.82. The van der Waals surface area contributed by atoms with Crippen LogP contribution >= 0.6 is 23.2 Å². The fraction of sp³-hybridized carbons (Fsp3) is 0. The Morgan fingerprint density at radius 1 is 1.18 bits per heavy atom. The summed E-state index contributed by atoms with van der Waals surface area (Å²) in [7, 11) is 0. The van der Waals surface area contributed by atoms with E-state index in [1.807, 2.05) is 0 Å². The molecule has 0 radical (unpaired) electrons. The summed E-state index contributed by atoms with van der Waals surface area (Å²) < 4.78 is 0. The van der Waals surface area contributed by atoms with Crippen LogP contribution in [-0.4, -0.2) is 21.0 Å². The largest absolute Gasteiger partial charge is 0.478 e. The molecular weight excluding hydrogens is 325 g/mol. The quantitative estimate of drug-likeness (QED) is 0.694. The number of nitrogen functional groups attached to an aromatic ring is 1. The van der Waals surface area contributed by atoms with Crippen molar-refractivity contribution >= 4 is 45.8 Å². The summed E-state index contributed by atoms with van der Waals surface area (Å²) in [6.07, 6.45) is 1.61. The van der Waals surface area contributed by atoms with Crippen molar-refractivity contribution in [2.45, 2.75) is 0 Å². The second kappa shape index (κ2) is 5.44. The number of nitrogens with two attached hydrogens (primary N) is 1. The molecular formula is C15H9Cl2N3O2. The molecule has 0 saturated carbocycles. The van der Waals surface area contributed by atoms with Gasteiger partial charge in [-0.05, 0) is 30.3 Å². The van der Waals surface area contributed by atoms with E-state index in [0.717, 1.165) is 5.39 Å². The molecule has 3 aromatic rings. The first kappa shape index (κ1) is 14.6.